The lowest BCUT2D eigenvalue weighted by atomic mass is 9.95. The lowest BCUT2D eigenvalue weighted by Gasteiger charge is -2.22. The van der Waals surface area contributed by atoms with Crippen LogP contribution in [0, 0.1) is 11.3 Å². The first-order valence-corrected chi connectivity index (χ1v) is 8.41. The zero-order valence-electron chi connectivity index (χ0n) is 14.3. The number of methoxy groups -OCH3 is 1. The number of carbonyl (C=O) groups excluding carboxylic acids is 1. The van der Waals surface area contributed by atoms with E-state index in [1.807, 2.05) is 13.0 Å². The molecule has 1 saturated carbocycles. The van der Waals surface area contributed by atoms with E-state index in [0.717, 1.165) is 31.2 Å². The van der Waals surface area contributed by atoms with Gasteiger partial charge in [0.05, 0.1) is 13.7 Å². The Hall–Kier alpha value is -2.48. The van der Waals surface area contributed by atoms with Gasteiger partial charge in [0.2, 0.25) is 0 Å². The SMILES string of the molecule is CCOc1ccc(/C=C(\C#N)C(=O)NC2CCCCC2)cc1OC. The van der Waals surface area contributed by atoms with Gasteiger partial charge in [-0.15, -0.1) is 0 Å². The van der Waals surface area contributed by atoms with Crippen molar-refractivity contribution in [1.29, 1.82) is 5.26 Å². The van der Waals surface area contributed by atoms with Gasteiger partial charge in [0, 0.05) is 6.04 Å². The molecule has 0 heterocycles. The maximum absolute atomic E-state index is 12.3. The molecule has 0 radical (unpaired) electrons. The molecule has 1 aliphatic rings. The fourth-order valence-corrected chi connectivity index (χ4v) is 2.87. The number of amides is 1. The maximum atomic E-state index is 12.3. The Morgan fingerprint density at radius 2 is 2.08 bits per heavy atom. The largest absolute Gasteiger partial charge is 0.493 e. The van der Waals surface area contributed by atoms with E-state index in [0.29, 0.717) is 18.1 Å². The van der Waals surface area contributed by atoms with Crippen molar-refractivity contribution in [2.45, 2.75) is 45.1 Å². The number of hydrogen-bond acceptors (Lipinski definition) is 4. The first-order valence-electron chi connectivity index (χ1n) is 8.41. The molecule has 2 rings (SSSR count). The van der Waals surface area contributed by atoms with Gasteiger partial charge >= 0.3 is 0 Å². The van der Waals surface area contributed by atoms with Crippen molar-refractivity contribution in [3.63, 3.8) is 0 Å². The van der Waals surface area contributed by atoms with Gasteiger partial charge in [0.25, 0.3) is 5.91 Å². The number of nitrogens with one attached hydrogen (secondary N) is 1. The molecule has 1 fully saturated rings. The van der Waals surface area contributed by atoms with E-state index in [1.165, 1.54) is 6.42 Å². The van der Waals surface area contributed by atoms with Gasteiger partial charge in [0.15, 0.2) is 11.5 Å². The number of ether oxygens (including phenoxy) is 2. The minimum absolute atomic E-state index is 0.104. The van der Waals surface area contributed by atoms with Crippen molar-refractivity contribution >= 4 is 12.0 Å². The second-order valence-corrected chi connectivity index (χ2v) is 5.82. The normalized spacial score (nSPS) is 15.5. The molecule has 1 aliphatic carbocycles. The van der Waals surface area contributed by atoms with Crippen molar-refractivity contribution in [1.82, 2.24) is 5.32 Å². The summed E-state index contributed by atoms with van der Waals surface area (Å²) in [5.41, 5.74) is 0.831. The summed E-state index contributed by atoms with van der Waals surface area (Å²) in [5.74, 6) is 0.912. The van der Waals surface area contributed by atoms with Crippen molar-refractivity contribution in [2.75, 3.05) is 13.7 Å². The first kappa shape index (κ1) is 17.9. The van der Waals surface area contributed by atoms with E-state index >= 15 is 0 Å². The van der Waals surface area contributed by atoms with Crippen LogP contribution in [0.4, 0.5) is 0 Å². The Labute approximate surface area is 143 Å². The molecule has 5 nitrogen and oxygen atoms in total. The average molecular weight is 328 g/mol. The summed E-state index contributed by atoms with van der Waals surface area (Å²) in [4.78, 5) is 12.3. The lowest BCUT2D eigenvalue weighted by molar-refractivity contribution is -0.117. The standard InChI is InChI=1S/C19H24N2O3/c1-3-24-17-10-9-14(12-18(17)23-2)11-15(13-20)19(22)21-16-7-5-4-6-8-16/h9-12,16H,3-8H2,1-2H3,(H,21,22)/b15-11+. The van der Waals surface area contributed by atoms with Gasteiger partial charge in [-0.2, -0.15) is 5.26 Å². The number of benzene rings is 1. The van der Waals surface area contributed by atoms with Crippen LogP contribution in [-0.2, 0) is 4.79 Å². The molecule has 1 N–H and O–H groups in total. The Kier molecular flexibility index (Phi) is 6.68. The molecule has 0 saturated heterocycles. The first-order chi connectivity index (χ1) is 11.7. The summed E-state index contributed by atoms with van der Waals surface area (Å²) in [6, 6.07) is 7.52. The highest BCUT2D eigenvalue weighted by molar-refractivity contribution is 6.01. The molecule has 128 valence electrons. The van der Waals surface area contributed by atoms with Crippen molar-refractivity contribution in [3.05, 3.63) is 29.3 Å². The Morgan fingerprint density at radius 3 is 2.71 bits per heavy atom. The van der Waals surface area contributed by atoms with Crippen LogP contribution in [0.1, 0.15) is 44.6 Å². The fraction of sp³-hybridized carbons (Fsp3) is 0.474. The highest BCUT2D eigenvalue weighted by Crippen LogP contribution is 2.29. The van der Waals surface area contributed by atoms with Gasteiger partial charge in [-0.1, -0.05) is 25.3 Å². The second-order valence-electron chi connectivity index (χ2n) is 5.82. The predicted molar refractivity (Wildman–Crippen MR) is 92.8 cm³/mol. The van der Waals surface area contributed by atoms with Crippen LogP contribution in [0.2, 0.25) is 0 Å². The van der Waals surface area contributed by atoms with E-state index in [-0.39, 0.29) is 17.5 Å². The number of carbonyl (C=O) groups is 1. The van der Waals surface area contributed by atoms with Crippen LogP contribution in [-0.4, -0.2) is 25.7 Å². The van der Waals surface area contributed by atoms with Crippen LogP contribution >= 0.6 is 0 Å². The molecule has 0 atom stereocenters. The van der Waals surface area contributed by atoms with E-state index in [2.05, 4.69) is 5.32 Å². The number of nitrogens with zero attached hydrogens (tertiary/aromatic N) is 1. The van der Waals surface area contributed by atoms with E-state index < -0.39 is 0 Å². The zero-order valence-corrected chi connectivity index (χ0v) is 14.3. The fourth-order valence-electron chi connectivity index (χ4n) is 2.87. The smallest absolute Gasteiger partial charge is 0.262 e. The minimum Gasteiger partial charge on any atom is -0.493 e. The lowest BCUT2D eigenvalue weighted by Crippen LogP contribution is -2.36. The quantitative estimate of drug-likeness (QED) is 0.641. The van der Waals surface area contributed by atoms with Crippen LogP contribution in [0.3, 0.4) is 0 Å². The van der Waals surface area contributed by atoms with Crippen molar-refractivity contribution in [3.8, 4) is 17.6 Å². The Balaban J connectivity index is 2.14. The topological polar surface area (TPSA) is 71.3 Å². The third-order valence-electron chi connectivity index (χ3n) is 4.10. The molecule has 0 spiro atoms. The number of nitriles is 1. The second kappa shape index (κ2) is 8.97. The molecular formula is C19H24N2O3. The molecular weight excluding hydrogens is 304 g/mol. The maximum Gasteiger partial charge on any atom is 0.262 e. The van der Waals surface area contributed by atoms with Gasteiger partial charge in [-0.3, -0.25) is 4.79 Å². The molecule has 1 amide bonds. The van der Waals surface area contributed by atoms with Crippen LogP contribution in [0.5, 0.6) is 11.5 Å². The highest BCUT2D eigenvalue weighted by atomic mass is 16.5. The highest BCUT2D eigenvalue weighted by Gasteiger charge is 2.18. The van der Waals surface area contributed by atoms with Crippen molar-refractivity contribution in [2.24, 2.45) is 0 Å². The summed E-state index contributed by atoms with van der Waals surface area (Å²) < 4.78 is 10.8. The molecule has 24 heavy (non-hydrogen) atoms. The van der Waals surface area contributed by atoms with Gasteiger partial charge in [-0.05, 0) is 43.5 Å². The molecule has 5 heteroatoms. The predicted octanol–water partition coefficient (Wildman–Crippen LogP) is 3.45. The van der Waals surface area contributed by atoms with Gasteiger partial charge in [0.1, 0.15) is 11.6 Å². The third-order valence-corrected chi connectivity index (χ3v) is 4.10. The summed E-state index contributed by atoms with van der Waals surface area (Å²) in [6.07, 6.45) is 7.04. The van der Waals surface area contributed by atoms with E-state index in [4.69, 9.17) is 9.47 Å². The Bertz CT molecular complexity index is 641. The van der Waals surface area contributed by atoms with Crippen molar-refractivity contribution < 1.29 is 14.3 Å². The molecule has 0 bridgehead atoms. The monoisotopic (exact) mass is 328 g/mol. The van der Waals surface area contributed by atoms with E-state index in [1.54, 1.807) is 31.4 Å². The van der Waals surface area contributed by atoms with Crippen LogP contribution in [0.15, 0.2) is 23.8 Å². The molecule has 1 aromatic carbocycles. The van der Waals surface area contributed by atoms with Crippen LogP contribution < -0.4 is 14.8 Å². The Morgan fingerprint density at radius 1 is 1.33 bits per heavy atom. The average Bonchev–Trinajstić information content (AvgIpc) is 2.61. The molecule has 0 aromatic heterocycles. The van der Waals surface area contributed by atoms with Crippen LogP contribution in [0.25, 0.3) is 6.08 Å². The van der Waals surface area contributed by atoms with Gasteiger partial charge < -0.3 is 14.8 Å². The molecule has 0 unspecified atom stereocenters. The summed E-state index contributed by atoms with van der Waals surface area (Å²) in [6.45, 7) is 2.44. The summed E-state index contributed by atoms with van der Waals surface area (Å²) >= 11 is 0. The zero-order chi connectivity index (χ0) is 17.4. The number of hydrogen-bond donors (Lipinski definition) is 1. The summed E-state index contributed by atoms with van der Waals surface area (Å²) in [7, 11) is 1.56. The molecule has 1 aromatic rings. The number of rotatable bonds is 6. The van der Waals surface area contributed by atoms with Gasteiger partial charge in [-0.25, -0.2) is 0 Å². The van der Waals surface area contributed by atoms with E-state index in [9.17, 15) is 10.1 Å². The minimum atomic E-state index is -0.308. The summed E-state index contributed by atoms with van der Waals surface area (Å²) in [5, 5.41) is 12.3. The third kappa shape index (κ3) is 4.76. The molecule has 0 aliphatic heterocycles.